The summed E-state index contributed by atoms with van der Waals surface area (Å²) >= 11 is 0. The normalized spacial score (nSPS) is 14.4. The van der Waals surface area contributed by atoms with Crippen LogP contribution < -0.4 is 10.2 Å². The van der Waals surface area contributed by atoms with E-state index in [-0.39, 0.29) is 11.8 Å². The Morgan fingerprint density at radius 1 is 1.00 bits per heavy atom. The summed E-state index contributed by atoms with van der Waals surface area (Å²) in [7, 11) is 0. The molecule has 0 atom stereocenters. The van der Waals surface area contributed by atoms with Gasteiger partial charge in [-0.25, -0.2) is 0 Å². The Bertz CT molecular complexity index is 561. The van der Waals surface area contributed by atoms with Crippen molar-refractivity contribution in [3.8, 4) is 0 Å². The smallest absolute Gasteiger partial charge is 0.224 e. The van der Waals surface area contributed by atoms with E-state index in [0.717, 1.165) is 18.8 Å². The molecule has 138 valence electrons. The summed E-state index contributed by atoms with van der Waals surface area (Å²) in [4.78, 5) is 29.5. The maximum absolute atomic E-state index is 12.3. The van der Waals surface area contributed by atoms with Gasteiger partial charge in [0.15, 0.2) is 0 Å². The van der Waals surface area contributed by atoms with Crippen LogP contribution in [0.5, 0.6) is 0 Å². The summed E-state index contributed by atoms with van der Waals surface area (Å²) in [6.07, 6.45) is 0.470. The van der Waals surface area contributed by atoms with Gasteiger partial charge in [-0.05, 0) is 38.1 Å². The Morgan fingerprint density at radius 2 is 1.56 bits per heavy atom. The fourth-order valence-electron chi connectivity index (χ4n) is 3.12. The fraction of sp³-hybridized carbons (Fsp3) is 0.579. The first kappa shape index (κ1) is 19.1. The highest BCUT2D eigenvalue weighted by Crippen LogP contribution is 2.17. The number of piperazine rings is 1. The molecule has 25 heavy (non-hydrogen) atoms. The molecular formula is C19H30N4O2. The molecule has 1 N–H and O–H groups in total. The molecule has 0 bridgehead atoms. The second-order valence-electron chi connectivity index (χ2n) is 6.28. The summed E-state index contributed by atoms with van der Waals surface area (Å²) in [5.74, 6) is 0.234. The van der Waals surface area contributed by atoms with Gasteiger partial charge in [0.05, 0.1) is 0 Å². The van der Waals surface area contributed by atoms with Gasteiger partial charge in [0.2, 0.25) is 11.8 Å². The molecule has 0 spiro atoms. The van der Waals surface area contributed by atoms with Gasteiger partial charge in [0.1, 0.15) is 0 Å². The second kappa shape index (κ2) is 9.30. The molecule has 0 radical (unpaired) electrons. The highest BCUT2D eigenvalue weighted by molar-refractivity contribution is 5.78. The van der Waals surface area contributed by atoms with Crippen molar-refractivity contribution in [3.05, 3.63) is 24.3 Å². The molecule has 1 aliphatic rings. The molecule has 1 aliphatic heterocycles. The molecule has 0 unspecified atom stereocenters. The SMILES string of the molecule is CCN(CC)c1ccc(NCCC(=O)N2CCN(C(C)=O)CC2)cc1. The van der Waals surface area contributed by atoms with E-state index in [2.05, 4.69) is 48.3 Å². The van der Waals surface area contributed by atoms with Crippen molar-refractivity contribution in [2.75, 3.05) is 56.0 Å². The zero-order valence-electron chi connectivity index (χ0n) is 15.6. The highest BCUT2D eigenvalue weighted by atomic mass is 16.2. The third-order valence-corrected chi connectivity index (χ3v) is 4.74. The van der Waals surface area contributed by atoms with Crippen LogP contribution in [0.1, 0.15) is 27.2 Å². The zero-order chi connectivity index (χ0) is 18.2. The molecule has 1 heterocycles. The number of anilines is 2. The number of hydrogen-bond acceptors (Lipinski definition) is 4. The lowest BCUT2D eigenvalue weighted by atomic mass is 10.2. The Labute approximate surface area is 150 Å². The number of carbonyl (C=O) groups is 2. The predicted molar refractivity (Wildman–Crippen MR) is 102 cm³/mol. The number of rotatable bonds is 7. The minimum absolute atomic E-state index is 0.0851. The first-order chi connectivity index (χ1) is 12.0. The summed E-state index contributed by atoms with van der Waals surface area (Å²) in [6, 6.07) is 8.34. The summed E-state index contributed by atoms with van der Waals surface area (Å²) in [5.41, 5.74) is 2.25. The van der Waals surface area contributed by atoms with Crippen LogP contribution in [0.4, 0.5) is 11.4 Å². The highest BCUT2D eigenvalue weighted by Gasteiger charge is 2.21. The number of carbonyl (C=O) groups excluding carboxylic acids is 2. The van der Waals surface area contributed by atoms with Gasteiger partial charge in [0, 0.05) is 70.5 Å². The van der Waals surface area contributed by atoms with Crippen molar-refractivity contribution in [2.45, 2.75) is 27.2 Å². The van der Waals surface area contributed by atoms with Crippen molar-refractivity contribution >= 4 is 23.2 Å². The van der Waals surface area contributed by atoms with Crippen LogP contribution >= 0.6 is 0 Å². The quantitative estimate of drug-likeness (QED) is 0.821. The Hall–Kier alpha value is -2.24. The molecule has 0 saturated carbocycles. The van der Waals surface area contributed by atoms with Gasteiger partial charge in [-0.15, -0.1) is 0 Å². The molecule has 2 rings (SSSR count). The van der Waals surface area contributed by atoms with E-state index in [1.807, 2.05) is 4.90 Å². The Balaban J connectivity index is 1.73. The number of nitrogens with zero attached hydrogens (tertiary/aromatic N) is 3. The van der Waals surface area contributed by atoms with Gasteiger partial charge in [0.25, 0.3) is 0 Å². The molecule has 0 aliphatic carbocycles. The lowest BCUT2D eigenvalue weighted by Gasteiger charge is -2.34. The molecule has 6 heteroatoms. The van der Waals surface area contributed by atoms with Gasteiger partial charge in [-0.2, -0.15) is 0 Å². The van der Waals surface area contributed by atoms with Crippen LogP contribution in [-0.2, 0) is 9.59 Å². The Morgan fingerprint density at radius 3 is 2.08 bits per heavy atom. The van der Waals surface area contributed by atoms with Gasteiger partial charge in [-0.3, -0.25) is 9.59 Å². The average molecular weight is 346 g/mol. The lowest BCUT2D eigenvalue weighted by Crippen LogP contribution is -2.50. The maximum Gasteiger partial charge on any atom is 0.224 e. The van der Waals surface area contributed by atoms with Crippen molar-refractivity contribution in [2.24, 2.45) is 0 Å². The predicted octanol–water partition coefficient (Wildman–Crippen LogP) is 2.03. The van der Waals surface area contributed by atoms with E-state index in [1.54, 1.807) is 11.8 Å². The first-order valence-corrected chi connectivity index (χ1v) is 9.17. The number of nitrogens with one attached hydrogen (secondary N) is 1. The summed E-state index contributed by atoms with van der Waals surface area (Å²) in [5, 5.41) is 3.31. The summed E-state index contributed by atoms with van der Waals surface area (Å²) in [6.45, 7) is 11.0. The molecule has 1 saturated heterocycles. The molecule has 6 nitrogen and oxygen atoms in total. The largest absolute Gasteiger partial charge is 0.385 e. The fourth-order valence-corrected chi connectivity index (χ4v) is 3.12. The van der Waals surface area contributed by atoms with Crippen LogP contribution in [0.15, 0.2) is 24.3 Å². The molecule has 2 amide bonds. The summed E-state index contributed by atoms with van der Waals surface area (Å²) < 4.78 is 0. The number of benzene rings is 1. The third kappa shape index (κ3) is 5.37. The van der Waals surface area contributed by atoms with E-state index in [0.29, 0.717) is 39.1 Å². The van der Waals surface area contributed by atoms with Crippen LogP contribution in [0, 0.1) is 0 Å². The minimum atomic E-state index is 0.0851. The first-order valence-electron chi connectivity index (χ1n) is 9.17. The standard InChI is InChI=1S/C19H30N4O2/c1-4-21(5-2)18-8-6-17(7-9-18)20-11-10-19(25)23-14-12-22(13-15-23)16(3)24/h6-9,20H,4-5,10-15H2,1-3H3. The molecule has 1 aromatic carbocycles. The lowest BCUT2D eigenvalue weighted by molar-refractivity contribution is -0.138. The monoisotopic (exact) mass is 346 g/mol. The van der Waals surface area contributed by atoms with Gasteiger partial charge in [-0.1, -0.05) is 0 Å². The van der Waals surface area contributed by atoms with E-state index >= 15 is 0 Å². The average Bonchev–Trinajstić information content (AvgIpc) is 2.64. The van der Waals surface area contributed by atoms with Crippen molar-refractivity contribution in [3.63, 3.8) is 0 Å². The van der Waals surface area contributed by atoms with Crippen molar-refractivity contribution in [1.29, 1.82) is 0 Å². The Kier molecular flexibility index (Phi) is 7.10. The van der Waals surface area contributed by atoms with Gasteiger partial charge >= 0.3 is 0 Å². The van der Waals surface area contributed by atoms with E-state index in [4.69, 9.17) is 0 Å². The molecular weight excluding hydrogens is 316 g/mol. The minimum Gasteiger partial charge on any atom is -0.385 e. The van der Waals surface area contributed by atoms with Crippen LogP contribution in [0.3, 0.4) is 0 Å². The van der Waals surface area contributed by atoms with Crippen molar-refractivity contribution < 1.29 is 9.59 Å². The molecule has 0 aromatic heterocycles. The zero-order valence-corrected chi connectivity index (χ0v) is 15.6. The van der Waals surface area contributed by atoms with E-state index in [1.165, 1.54) is 5.69 Å². The molecule has 1 fully saturated rings. The van der Waals surface area contributed by atoms with E-state index in [9.17, 15) is 9.59 Å². The van der Waals surface area contributed by atoms with Crippen LogP contribution in [0.25, 0.3) is 0 Å². The molecule has 1 aromatic rings. The maximum atomic E-state index is 12.3. The van der Waals surface area contributed by atoms with Gasteiger partial charge < -0.3 is 20.0 Å². The topological polar surface area (TPSA) is 55.9 Å². The third-order valence-electron chi connectivity index (χ3n) is 4.74. The van der Waals surface area contributed by atoms with Crippen molar-refractivity contribution in [1.82, 2.24) is 9.80 Å². The van der Waals surface area contributed by atoms with E-state index < -0.39 is 0 Å². The van der Waals surface area contributed by atoms with Crippen LogP contribution in [0.2, 0.25) is 0 Å². The number of hydrogen-bond donors (Lipinski definition) is 1. The van der Waals surface area contributed by atoms with Crippen LogP contribution in [-0.4, -0.2) is 67.4 Å². The second-order valence-corrected chi connectivity index (χ2v) is 6.28. The number of amides is 2.